The van der Waals surface area contributed by atoms with Crippen molar-refractivity contribution in [3.05, 3.63) is 46.9 Å². The summed E-state index contributed by atoms with van der Waals surface area (Å²) in [5, 5.41) is 13.0. The number of nitrogens with zero attached hydrogens (tertiary/aromatic N) is 5. The third kappa shape index (κ3) is 2.80. The van der Waals surface area contributed by atoms with Gasteiger partial charge >= 0.3 is 0 Å². The van der Waals surface area contributed by atoms with E-state index < -0.39 is 0 Å². The second-order valence-corrected chi connectivity index (χ2v) is 8.40. The zero-order chi connectivity index (χ0) is 21.0. The van der Waals surface area contributed by atoms with Gasteiger partial charge in [-0.1, -0.05) is 11.3 Å². The number of carbonyl (C=O) groups excluding carboxylic acids is 1. The van der Waals surface area contributed by atoms with Crippen molar-refractivity contribution in [3.8, 4) is 10.9 Å². The second-order valence-electron chi connectivity index (χ2n) is 7.40. The molecule has 0 bridgehead atoms. The lowest BCUT2D eigenvalue weighted by Crippen LogP contribution is -2.25. The van der Waals surface area contributed by atoms with Crippen LogP contribution in [0.15, 0.2) is 24.4 Å². The fourth-order valence-electron chi connectivity index (χ4n) is 4.18. The van der Waals surface area contributed by atoms with Crippen LogP contribution < -0.4 is 10.1 Å². The molecule has 3 aromatic heterocycles. The Hall–Kier alpha value is -3.20. The van der Waals surface area contributed by atoms with Crippen LogP contribution in [0.5, 0.6) is 5.75 Å². The van der Waals surface area contributed by atoms with Crippen LogP contribution in [-0.4, -0.2) is 37.6 Å². The maximum absolute atomic E-state index is 12.6. The molecule has 9 heteroatoms. The first-order chi connectivity index (χ1) is 14.5. The molecule has 0 saturated heterocycles. The van der Waals surface area contributed by atoms with Crippen LogP contribution in [-0.2, 0) is 11.3 Å². The molecule has 0 aliphatic carbocycles. The van der Waals surface area contributed by atoms with Gasteiger partial charge in [0.05, 0.1) is 29.2 Å². The number of rotatable bonds is 4. The Morgan fingerprint density at radius 3 is 2.90 bits per heavy atom. The van der Waals surface area contributed by atoms with Crippen molar-refractivity contribution >= 4 is 33.3 Å². The summed E-state index contributed by atoms with van der Waals surface area (Å²) in [6, 6.07) is 5.78. The molecule has 1 aliphatic rings. The predicted molar refractivity (Wildman–Crippen MR) is 116 cm³/mol. The van der Waals surface area contributed by atoms with Crippen molar-refractivity contribution in [3.63, 3.8) is 0 Å². The van der Waals surface area contributed by atoms with Crippen molar-refractivity contribution in [2.45, 2.75) is 39.7 Å². The Morgan fingerprint density at radius 2 is 2.17 bits per heavy atom. The van der Waals surface area contributed by atoms with Crippen molar-refractivity contribution in [1.29, 1.82) is 0 Å². The second kappa shape index (κ2) is 6.94. The Kier molecular flexibility index (Phi) is 4.35. The highest BCUT2D eigenvalue weighted by Crippen LogP contribution is 2.42. The quantitative estimate of drug-likeness (QED) is 0.541. The summed E-state index contributed by atoms with van der Waals surface area (Å²) >= 11 is 1.52. The minimum Gasteiger partial charge on any atom is -0.497 e. The summed E-state index contributed by atoms with van der Waals surface area (Å²) in [6.07, 6.45) is 2.26. The monoisotopic (exact) mass is 422 g/mol. The topological polar surface area (TPSA) is 86.9 Å². The van der Waals surface area contributed by atoms with Gasteiger partial charge in [-0.2, -0.15) is 14.9 Å². The molecule has 8 nitrogen and oxygen atoms in total. The van der Waals surface area contributed by atoms with Gasteiger partial charge in [0.25, 0.3) is 0 Å². The predicted octanol–water partition coefficient (Wildman–Crippen LogP) is 3.80. The summed E-state index contributed by atoms with van der Waals surface area (Å²) < 4.78 is 10.0. The number of hydrogen-bond donors (Lipinski definition) is 1. The van der Waals surface area contributed by atoms with Crippen molar-refractivity contribution < 1.29 is 9.53 Å². The molecule has 0 saturated carbocycles. The molecule has 1 aliphatic heterocycles. The van der Waals surface area contributed by atoms with Gasteiger partial charge in [0.2, 0.25) is 11.0 Å². The lowest BCUT2D eigenvalue weighted by Gasteiger charge is -2.23. The lowest BCUT2D eigenvalue weighted by atomic mass is 9.86. The number of anilines is 1. The van der Waals surface area contributed by atoms with E-state index in [2.05, 4.69) is 24.3 Å². The molecule has 4 heterocycles. The molecule has 0 radical (unpaired) electrons. The van der Waals surface area contributed by atoms with Crippen molar-refractivity contribution in [2.75, 3.05) is 12.4 Å². The number of amides is 1. The Labute approximate surface area is 177 Å². The van der Waals surface area contributed by atoms with E-state index in [-0.39, 0.29) is 11.8 Å². The number of aromatic nitrogens is 5. The number of fused-ring (bicyclic) bond motifs is 2. The van der Waals surface area contributed by atoms with Gasteiger partial charge in [0.1, 0.15) is 11.6 Å². The van der Waals surface area contributed by atoms with Gasteiger partial charge in [0, 0.05) is 35.7 Å². The van der Waals surface area contributed by atoms with Crippen LogP contribution in [0.1, 0.15) is 41.8 Å². The van der Waals surface area contributed by atoms with Gasteiger partial charge in [-0.25, -0.2) is 4.98 Å². The third-order valence-electron chi connectivity index (χ3n) is 5.68. The number of ether oxygens (including phenoxy) is 1. The first-order valence-corrected chi connectivity index (χ1v) is 10.7. The lowest BCUT2D eigenvalue weighted by molar-refractivity contribution is -0.116. The van der Waals surface area contributed by atoms with Crippen LogP contribution >= 0.6 is 11.3 Å². The molecule has 1 N–H and O–H groups in total. The van der Waals surface area contributed by atoms with Gasteiger partial charge in [-0.3, -0.25) is 9.48 Å². The fourth-order valence-corrected chi connectivity index (χ4v) is 5.14. The van der Waals surface area contributed by atoms with E-state index in [1.807, 2.05) is 36.0 Å². The van der Waals surface area contributed by atoms with E-state index in [0.717, 1.165) is 45.0 Å². The van der Waals surface area contributed by atoms with Crippen LogP contribution in [0.2, 0.25) is 0 Å². The highest BCUT2D eigenvalue weighted by atomic mass is 32.1. The normalized spacial score (nSPS) is 16.0. The number of aryl methyl sites for hydroxylation is 2. The average Bonchev–Trinajstić information content (AvgIpc) is 3.41. The molecule has 5 rings (SSSR count). The molecule has 0 spiro atoms. The molecule has 1 amide bonds. The molecular weight excluding hydrogens is 400 g/mol. The summed E-state index contributed by atoms with van der Waals surface area (Å²) in [5.74, 6) is 1.38. The third-order valence-corrected chi connectivity index (χ3v) is 6.68. The Balaban J connectivity index is 1.65. The minimum atomic E-state index is -0.0720. The number of nitrogens with one attached hydrogen (secondary N) is 1. The van der Waals surface area contributed by atoms with Gasteiger partial charge in [0.15, 0.2) is 0 Å². The summed E-state index contributed by atoms with van der Waals surface area (Å²) in [6.45, 7) is 6.90. The van der Waals surface area contributed by atoms with Crippen molar-refractivity contribution in [1.82, 2.24) is 24.5 Å². The van der Waals surface area contributed by atoms with Gasteiger partial charge < -0.3 is 10.1 Å². The van der Waals surface area contributed by atoms with E-state index in [9.17, 15) is 4.79 Å². The molecular formula is C21H22N6O2S. The number of hydrogen-bond acceptors (Lipinski definition) is 6. The maximum atomic E-state index is 12.6. The molecule has 0 fully saturated rings. The van der Waals surface area contributed by atoms with Gasteiger partial charge in [-0.05, 0) is 39.0 Å². The van der Waals surface area contributed by atoms with Gasteiger partial charge in [-0.15, -0.1) is 0 Å². The van der Waals surface area contributed by atoms with Crippen LogP contribution in [0, 0.1) is 13.8 Å². The molecule has 4 aromatic rings. The molecule has 1 aromatic carbocycles. The number of carbonyl (C=O) groups is 1. The molecule has 1 atom stereocenters. The van der Waals surface area contributed by atoms with E-state index in [1.54, 1.807) is 11.8 Å². The zero-order valence-corrected chi connectivity index (χ0v) is 18.1. The Morgan fingerprint density at radius 1 is 1.33 bits per heavy atom. The minimum absolute atomic E-state index is 0.0277. The van der Waals surface area contributed by atoms with Crippen molar-refractivity contribution in [2.24, 2.45) is 0 Å². The highest BCUT2D eigenvalue weighted by molar-refractivity contribution is 7.20. The maximum Gasteiger partial charge on any atom is 0.226 e. The van der Waals surface area contributed by atoms with E-state index in [1.165, 1.54) is 11.3 Å². The molecule has 1 unspecified atom stereocenters. The summed E-state index contributed by atoms with van der Waals surface area (Å²) in [4.78, 5) is 17.4. The fraction of sp³-hybridized carbons (Fsp3) is 0.333. The smallest absolute Gasteiger partial charge is 0.226 e. The number of thiazole rings is 1. The largest absolute Gasteiger partial charge is 0.497 e. The van der Waals surface area contributed by atoms with E-state index in [4.69, 9.17) is 14.8 Å². The standard InChI is InChI=1S/C21H22N6O2S/c1-5-26-12(3)15(10-22-26)14-9-18(28)24-20-19(14)11(2)25-27(20)21-23-16-7-6-13(29-4)8-17(16)30-21/h6-8,10,14H,5,9H2,1-4H3,(H,24,28). The highest BCUT2D eigenvalue weighted by Gasteiger charge is 2.34. The molecule has 30 heavy (non-hydrogen) atoms. The van der Waals surface area contributed by atoms with Crippen LogP contribution in [0.3, 0.4) is 0 Å². The number of benzene rings is 1. The van der Waals surface area contributed by atoms with Crippen LogP contribution in [0.4, 0.5) is 5.82 Å². The van der Waals surface area contributed by atoms with E-state index in [0.29, 0.717) is 17.4 Å². The zero-order valence-electron chi connectivity index (χ0n) is 17.3. The average molecular weight is 423 g/mol. The first-order valence-electron chi connectivity index (χ1n) is 9.86. The van der Waals surface area contributed by atoms with Crippen LogP contribution in [0.25, 0.3) is 15.3 Å². The molecule has 154 valence electrons. The van der Waals surface area contributed by atoms with E-state index >= 15 is 0 Å². The summed E-state index contributed by atoms with van der Waals surface area (Å²) in [5.41, 5.74) is 4.95. The SMILES string of the molecule is CCn1ncc(C2CC(=O)Nc3c2c(C)nn3-c2nc3ccc(OC)cc3s2)c1C. The Bertz CT molecular complexity index is 1280. The summed E-state index contributed by atoms with van der Waals surface area (Å²) in [7, 11) is 1.65. The first kappa shape index (κ1) is 18.8. The number of methoxy groups -OCH3 is 1.